The van der Waals surface area contributed by atoms with Crippen LogP contribution in [0.2, 0.25) is 0 Å². The lowest BCUT2D eigenvalue weighted by molar-refractivity contribution is -0.126. The topological polar surface area (TPSA) is 20.3 Å². The average Bonchev–Trinajstić information content (AvgIpc) is 3.03. The van der Waals surface area contributed by atoms with Crippen LogP contribution >= 0.6 is 11.3 Å². The Hall–Kier alpha value is -2.13. The standard InChI is InChI=1S/C19H19NOS/c1-15-11-13-20(14-12-15)19(21)10-8-17-7-9-18(22-17)16-5-3-2-4-6-16/h2-10H,1,11-14H2/b10-8+. The fourth-order valence-electron chi connectivity index (χ4n) is 2.50. The number of rotatable bonds is 3. The van der Waals surface area contributed by atoms with E-state index in [-0.39, 0.29) is 5.91 Å². The van der Waals surface area contributed by atoms with Crippen LogP contribution < -0.4 is 0 Å². The van der Waals surface area contributed by atoms with E-state index in [0.29, 0.717) is 0 Å². The minimum atomic E-state index is 0.0992. The van der Waals surface area contributed by atoms with Gasteiger partial charge in [0.2, 0.25) is 5.91 Å². The smallest absolute Gasteiger partial charge is 0.246 e. The van der Waals surface area contributed by atoms with Gasteiger partial charge in [0.05, 0.1) is 0 Å². The highest BCUT2D eigenvalue weighted by Gasteiger charge is 2.15. The SMILES string of the molecule is C=C1CCN(C(=O)/C=C/c2ccc(-c3ccccc3)s2)CC1. The molecular weight excluding hydrogens is 290 g/mol. The van der Waals surface area contributed by atoms with E-state index < -0.39 is 0 Å². The molecule has 3 rings (SSSR count). The van der Waals surface area contributed by atoms with Gasteiger partial charge in [-0.25, -0.2) is 0 Å². The molecule has 1 aliphatic rings. The maximum atomic E-state index is 12.2. The fourth-order valence-corrected chi connectivity index (χ4v) is 3.42. The van der Waals surface area contributed by atoms with Gasteiger partial charge in [-0.15, -0.1) is 11.3 Å². The van der Waals surface area contributed by atoms with Gasteiger partial charge in [-0.05, 0) is 36.6 Å². The van der Waals surface area contributed by atoms with Crippen molar-refractivity contribution >= 4 is 23.3 Å². The zero-order chi connectivity index (χ0) is 15.4. The van der Waals surface area contributed by atoms with Crippen molar-refractivity contribution in [1.82, 2.24) is 4.90 Å². The summed E-state index contributed by atoms with van der Waals surface area (Å²) in [5.41, 5.74) is 2.46. The summed E-state index contributed by atoms with van der Waals surface area (Å²) >= 11 is 1.70. The van der Waals surface area contributed by atoms with Crippen molar-refractivity contribution in [2.45, 2.75) is 12.8 Å². The molecule has 2 aromatic rings. The normalized spacial score (nSPS) is 15.5. The molecule has 1 aliphatic heterocycles. The van der Waals surface area contributed by atoms with Gasteiger partial charge in [0.25, 0.3) is 0 Å². The van der Waals surface area contributed by atoms with E-state index in [1.54, 1.807) is 17.4 Å². The number of benzene rings is 1. The fraction of sp³-hybridized carbons (Fsp3) is 0.211. The van der Waals surface area contributed by atoms with Gasteiger partial charge in [0, 0.05) is 28.9 Å². The molecule has 0 spiro atoms. The Bertz CT molecular complexity index is 689. The summed E-state index contributed by atoms with van der Waals surface area (Å²) in [7, 11) is 0. The Labute approximate surface area is 135 Å². The molecule has 1 aromatic carbocycles. The predicted molar refractivity (Wildman–Crippen MR) is 93.7 cm³/mol. The van der Waals surface area contributed by atoms with Gasteiger partial charge in [0.1, 0.15) is 0 Å². The molecule has 1 fully saturated rings. The van der Waals surface area contributed by atoms with Crippen molar-refractivity contribution in [3.8, 4) is 10.4 Å². The monoisotopic (exact) mass is 309 g/mol. The summed E-state index contributed by atoms with van der Waals surface area (Å²) < 4.78 is 0. The van der Waals surface area contributed by atoms with Crippen LogP contribution in [0.3, 0.4) is 0 Å². The third kappa shape index (κ3) is 3.55. The van der Waals surface area contributed by atoms with Gasteiger partial charge < -0.3 is 4.90 Å². The molecule has 0 radical (unpaired) electrons. The summed E-state index contributed by atoms with van der Waals surface area (Å²) in [5.74, 6) is 0.0992. The number of carbonyl (C=O) groups excluding carboxylic acids is 1. The minimum absolute atomic E-state index is 0.0992. The molecule has 2 nitrogen and oxygen atoms in total. The number of nitrogens with zero attached hydrogens (tertiary/aromatic N) is 1. The molecule has 0 atom stereocenters. The zero-order valence-electron chi connectivity index (χ0n) is 12.5. The first-order chi connectivity index (χ1) is 10.7. The van der Waals surface area contributed by atoms with Crippen LogP contribution in [-0.4, -0.2) is 23.9 Å². The summed E-state index contributed by atoms with van der Waals surface area (Å²) in [6.07, 6.45) is 5.46. The number of amides is 1. The third-order valence-electron chi connectivity index (χ3n) is 3.86. The van der Waals surface area contributed by atoms with Crippen molar-refractivity contribution in [3.63, 3.8) is 0 Å². The molecule has 0 unspecified atom stereocenters. The highest BCUT2D eigenvalue weighted by atomic mass is 32.1. The van der Waals surface area contributed by atoms with Crippen LogP contribution in [-0.2, 0) is 4.79 Å². The van der Waals surface area contributed by atoms with E-state index in [9.17, 15) is 4.79 Å². The number of hydrogen-bond acceptors (Lipinski definition) is 2. The van der Waals surface area contributed by atoms with E-state index in [2.05, 4.69) is 30.8 Å². The number of hydrogen-bond donors (Lipinski definition) is 0. The first kappa shape index (κ1) is 14.8. The second-order valence-electron chi connectivity index (χ2n) is 5.48. The Morgan fingerprint density at radius 1 is 1.09 bits per heavy atom. The summed E-state index contributed by atoms with van der Waals surface area (Å²) in [5, 5.41) is 0. The number of thiophene rings is 1. The lowest BCUT2D eigenvalue weighted by atomic mass is 10.1. The van der Waals surface area contributed by atoms with Gasteiger partial charge >= 0.3 is 0 Å². The second-order valence-corrected chi connectivity index (χ2v) is 6.59. The lowest BCUT2D eigenvalue weighted by Crippen LogP contribution is -2.34. The van der Waals surface area contributed by atoms with Gasteiger partial charge in [-0.3, -0.25) is 4.79 Å². The molecule has 3 heteroatoms. The predicted octanol–water partition coefficient (Wildman–Crippen LogP) is 4.61. The van der Waals surface area contributed by atoms with E-state index in [0.717, 1.165) is 30.8 Å². The quantitative estimate of drug-likeness (QED) is 0.599. The van der Waals surface area contributed by atoms with Crippen LogP contribution in [0.4, 0.5) is 0 Å². The molecule has 0 bridgehead atoms. The number of carbonyl (C=O) groups is 1. The van der Waals surface area contributed by atoms with Crippen LogP contribution in [0, 0.1) is 0 Å². The maximum absolute atomic E-state index is 12.2. The highest BCUT2D eigenvalue weighted by Crippen LogP contribution is 2.28. The maximum Gasteiger partial charge on any atom is 0.246 e. The van der Waals surface area contributed by atoms with Gasteiger partial charge in [-0.2, -0.15) is 0 Å². The van der Waals surface area contributed by atoms with Gasteiger partial charge in [-0.1, -0.05) is 42.5 Å². The molecule has 112 valence electrons. The van der Waals surface area contributed by atoms with E-state index >= 15 is 0 Å². The molecule has 1 amide bonds. The van der Waals surface area contributed by atoms with Crippen molar-refractivity contribution in [1.29, 1.82) is 0 Å². The van der Waals surface area contributed by atoms with Crippen LogP contribution in [0.15, 0.2) is 60.7 Å². The summed E-state index contributed by atoms with van der Waals surface area (Å²) in [6, 6.07) is 14.5. The number of likely N-dealkylation sites (tertiary alicyclic amines) is 1. The molecule has 0 N–H and O–H groups in total. The molecule has 2 heterocycles. The van der Waals surface area contributed by atoms with Crippen molar-refractivity contribution in [2.75, 3.05) is 13.1 Å². The van der Waals surface area contributed by atoms with Crippen LogP contribution in [0.5, 0.6) is 0 Å². The average molecular weight is 309 g/mol. The van der Waals surface area contributed by atoms with E-state index in [1.807, 2.05) is 29.2 Å². The molecule has 0 aliphatic carbocycles. The summed E-state index contributed by atoms with van der Waals surface area (Å²) in [6.45, 7) is 5.57. The third-order valence-corrected chi connectivity index (χ3v) is 4.96. The van der Waals surface area contributed by atoms with E-state index in [1.165, 1.54) is 16.0 Å². The van der Waals surface area contributed by atoms with Crippen LogP contribution in [0.1, 0.15) is 17.7 Å². The second kappa shape index (κ2) is 6.75. The summed E-state index contributed by atoms with van der Waals surface area (Å²) in [4.78, 5) is 16.4. The largest absolute Gasteiger partial charge is 0.339 e. The first-order valence-electron chi connectivity index (χ1n) is 7.51. The zero-order valence-corrected chi connectivity index (χ0v) is 13.3. The van der Waals surface area contributed by atoms with Crippen molar-refractivity contribution in [3.05, 3.63) is 65.6 Å². The minimum Gasteiger partial charge on any atom is -0.339 e. The van der Waals surface area contributed by atoms with Crippen molar-refractivity contribution < 1.29 is 4.79 Å². The van der Waals surface area contributed by atoms with Gasteiger partial charge in [0.15, 0.2) is 0 Å². The van der Waals surface area contributed by atoms with E-state index in [4.69, 9.17) is 0 Å². The van der Waals surface area contributed by atoms with Crippen molar-refractivity contribution in [2.24, 2.45) is 0 Å². The Kier molecular flexibility index (Phi) is 4.54. The molecule has 1 aromatic heterocycles. The lowest BCUT2D eigenvalue weighted by Gasteiger charge is -2.26. The Morgan fingerprint density at radius 2 is 1.82 bits per heavy atom. The Morgan fingerprint density at radius 3 is 2.55 bits per heavy atom. The number of piperidine rings is 1. The Balaban J connectivity index is 1.65. The molecule has 22 heavy (non-hydrogen) atoms. The molecule has 1 saturated heterocycles. The molecule has 0 saturated carbocycles. The molecular formula is C19H19NOS. The highest BCUT2D eigenvalue weighted by molar-refractivity contribution is 7.16. The first-order valence-corrected chi connectivity index (χ1v) is 8.33. The van der Waals surface area contributed by atoms with Crippen LogP contribution in [0.25, 0.3) is 16.5 Å².